The first-order chi connectivity index (χ1) is 4.38. The molecular weight excluding hydrogens is 108 g/mol. The second-order valence-electron chi connectivity index (χ2n) is 2.90. The van der Waals surface area contributed by atoms with Crippen molar-refractivity contribution in [3.8, 4) is 0 Å². The average molecular weight is 124 g/mol. The molecule has 0 spiro atoms. The molecule has 0 bridgehead atoms. The molecular formula is C9H16. The van der Waals surface area contributed by atoms with Gasteiger partial charge in [0.1, 0.15) is 0 Å². The third-order valence-corrected chi connectivity index (χ3v) is 2.42. The van der Waals surface area contributed by atoms with Gasteiger partial charge in [0.2, 0.25) is 0 Å². The van der Waals surface area contributed by atoms with E-state index >= 15 is 0 Å². The minimum absolute atomic E-state index is 0.898. The largest absolute Gasteiger partial charge is 0.0880 e. The molecule has 2 atom stereocenters. The molecule has 1 rings (SSSR count). The van der Waals surface area contributed by atoms with Crippen molar-refractivity contribution in [1.82, 2.24) is 0 Å². The Morgan fingerprint density at radius 1 is 1.33 bits per heavy atom. The van der Waals surface area contributed by atoms with Crippen LogP contribution in [0.15, 0.2) is 12.2 Å². The Morgan fingerprint density at radius 3 is 2.56 bits per heavy atom. The van der Waals surface area contributed by atoms with Gasteiger partial charge in [-0.05, 0) is 24.7 Å². The lowest BCUT2D eigenvalue weighted by Gasteiger charge is -2.14. The van der Waals surface area contributed by atoms with Crippen molar-refractivity contribution < 1.29 is 0 Å². The van der Waals surface area contributed by atoms with Crippen molar-refractivity contribution in [3.05, 3.63) is 12.2 Å². The van der Waals surface area contributed by atoms with Crippen LogP contribution in [0.1, 0.15) is 33.1 Å². The number of rotatable bonds is 2. The standard InChI is InChI=1S/C9H16/c1-3-8-6-5-7-9(8)4-2/h5-6,8-9H,3-4,7H2,1-2H3. The lowest BCUT2D eigenvalue weighted by Crippen LogP contribution is -2.04. The van der Waals surface area contributed by atoms with Crippen molar-refractivity contribution in [1.29, 1.82) is 0 Å². The van der Waals surface area contributed by atoms with Gasteiger partial charge in [0.15, 0.2) is 0 Å². The zero-order valence-electron chi connectivity index (χ0n) is 6.43. The van der Waals surface area contributed by atoms with Crippen molar-refractivity contribution in [2.45, 2.75) is 33.1 Å². The first-order valence-electron chi connectivity index (χ1n) is 4.05. The Hall–Kier alpha value is -0.260. The molecule has 9 heavy (non-hydrogen) atoms. The summed E-state index contributed by atoms with van der Waals surface area (Å²) in [7, 11) is 0. The van der Waals surface area contributed by atoms with Crippen LogP contribution < -0.4 is 0 Å². The minimum Gasteiger partial charge on any atom is -0.0880 e. The Kier molecular flexibility index (Phi) is 2.32. The summed E-state index contributed by atoms with van der Waals surface area (Å²) in [5, 5.41) is 0. The van der Waals surface area contributed by atoms with Gasteiger partial charge < -0.3 is 0 Å². The summed E-state index contributed by atoms with van der Waals surface area (Å²) in [5.41, 5.74) is 0. The lowest BCUT2D eigenvalue weighted by molar-refractivity contribution is 0.402. The summed E-state index contributed by atoms with van der Waals surface area (Å²) in [6.45, 7) is 4.57. The summed E-state index contributed by atoms with van der Waals surface area (Å²) in [6.07, 6.45) is 8.73. The van der Waals surface area contributed by atoms with E-state index in [9.17, 15) is 0 Å². The highest BCUT2D eigenvalue weighted by molar-refractivity contribution is 4.99. The van der Waals surface area contributed by atoms with Crippen LogP contribution in [-0.2, 0) is 0 Å². The third-order valence-electron chi connectivity index (χ3n) is 2.42. The highest BCUT2D eigenvalue weighted by Crippen LogP contribution is 2.29. The van der Waals surface area contributed by atoms with E-state index in [4.69, 9.17) is 0 Å². The van der Waals surface area contributed by atoms with Crippen LogP contribution in [-0.4, -0.2) is 0 Å². The van der Waals surface area contributed by atoms with Crippen molar-refractivity contribution >= 4 is 0 Å². The Labute approximate surface area is 58.0 Å². The molecule has 0 aromatic carbocycles. The molecule has 1 aliphatic rings. The first-order valence-corrected chi connectivity index (χ1v) is 4.05. The molecule has 1 aliphatic carbocycles. The van der Waals surface area contributed by atoms with E-state index in [1.807, 2.05) is 0 Å². The maximum Gasteiger partial charge on any atom is -0.0205 e. The molecule has 0 nitrogen and oxygen atoms in total. The molecule has 0 heterocycles. The van der Waals surface area contributed by atoms with Crippen LogP contribution in [0.5, 0.6) is 0 Å². The summed E-state index contributed by atoms with van der Waals surface area (Å²) in [5.74, 6) is 1.87. The smallest absolute Gasteiger partial charge is 0.0205 e. The highest BCUT2D eigenvalue weighted by Gasteiger charge is 2.18. The van der Waals surface area contributed by atoms with Gasteiger partial charge in [0, 0.05) is 0 Å². The normalized spacial score (nSPS) is 33.6. The Bertz CT molecular complexity index is 103. The van der Waals surface area contributed by atoms with Crippen molar-refractivity contribution in [3.63, 3.8) is 0 Å². The quantitative estimate of drug-likeness (QED) is 0.496. The van der Waals surface area contributed by atoms with Gasteiger partial charge in [-0.15, -0.1) is 0 Å². The zero-order chi connectivity index (χ0) is 6.69. The fourth-order valence-electron chi connectivity index (χ4n) is 1.70. The van der Waals surface area contributed by atoms with Crippen molar-refractivity contribution in [2.24, 2.45) is 11.8 Å². The van der Waals surface area contributed by atoms with Crippen LogP contribution >= 0.6 is 0 Å². The molecule has 0 N–H and O–H groups in total. The predicted molar refractivity (Wildman–Crippen MR) is 41.3 cm³/mol. The average Bonchev–Trinajstić information content (AvgIpc) is 2.33. The molecule has 0 aromatic rings. The molecule has 0 aromatic heterocycles. The molecule has 0 amide bonds. The second-order valence-corrected chi connectivity index (χ2v) is 2.90. The molecule has 0 radical (unpaired) electrons. The van der Waals surface area contributed by atoms with Gasteiger partial charge >= 0.3 is 0 Å². The molecule has 0 heteroatoms. The monoisotopic (exact) mass is 124 g/mol. The number of allylic oxidation sites excluding steroid dienone is 2. The van der Waals surface area contributed by atoms with Gasteiger partial charge in [-0.2, -0.15) is 0 Å². The first kappa shape index (κ1) is 6.85. The van der Waals surface area contributed by atoms with Crippen molar-refractivity contribution in [2.75, 3.05) is 0 Å². The summed E-state index contributed by atoms with van der Waals surface area (Å²) < 4.78 is 0. The summed E-state index contributed by atoms with van der Waals surface area (Å²) >= 11 is 0. The van der Waals surface area contributed by atoms with Gasteiger partial charge in [-0.25, -0.2) is 0 Å². The molecule has 0 fully saturated rings. The van der Waals surface area contributed by atoms with Crippen LogP contribution in [0.4, 0.5) is 0 Å². The second kappa shape index (κ2) is 3.05. The minimum atomic E-state index is 0.898. The Morgan fingerprint density at radius 2 is 2.11 bits per heavy atom. The van der Waals surface area contributed by atoms with E-state index in [1.54, 1.807) is 0 Å². The zero-order valence-corrected chi connectivity index (χ0v) is 6.43. The lowest BCUT2D eigenvalue weighted by atomic mass is 9.91. The number of hydrogen-bond acceptors (Lipinski definition) is 0. The third kappa shape index (κ3) is 1.35. The molecule has 2 unspecified atom stereocenters. The van der Waals surface area contributed by atoms with Gasteiger partial charge in [0.25, 0.3) is 0 Å². The van der Waals surface area contributed by atoms with Gasteiger partial charge in [-0.3, -0.25) is 0 Å². The molecule has 52 valence electrons. The SMILES string of the molecule is CCC1C=CCC1CC. The van der Waals surface area contributed by atoms with Crippen LogP contribution in [0, 0.1) is 11.8 Å². The predicted octanol–water partition coefficient (Wildman–Crippen LogP) is 3.00. The maximum absolute atomic E-state index is 2.38. The van der Waals surface area contributed by atoms with E-state index in [2.05, 4.69) is 26.0 Å². The van der Waals surface area contributed by atoms with E-state index < -0.39 is 0 Å². The van der Waals surface area contributed by atoms with E-state index in [0.717, 1.165) is 11.8 Å². The molecule has 0 saturated heterocycles. The topological polar surface area (TPSA) is 0 Å². The molecule has 0 aliphatic heterocycles. The highest BCUT2D eigenvalue weighted by atomic mass is 14.2. The Balaban J connectivity index is 2.39. The fourth-order valence-corrected chi connectivity index (χ4v) is 1.70. The van der Waals surface area contributed by atoms with Crippen LogP contribution in [0.3, 0.4) is 0 Å². The van der Waals surface area contributed by atoms with E-state index in [-0.39, 0.29) is 0 Å². The summed E-state index contributed by atoms with van der Waals surface area (Å²) in [4.78, 5) is 0. The van der Waals surface area contributed by atoms with Crippen LogP contribution in [0.25, 0.3) is 0 Å². The van der Waals surface area contributed by atoms with E-state index in [1.165, 1.54) is 19.3 Å². The fraction of sp³-hybridized carbons (Fsp3) is 0.778. The van der Waals surface area contributed by atoms with Gasteiger partial charge in [-0.1, -0.05) is 32.4 Å². The number of hydrogen-bond donors (Lipinski definition) is 0. The summed E-state index contributed by atoms with van der Waals surface area (Å²) in [6, 6.07) is 0. The van der Waals surface area contributed by atoms with E-state index in [0.29, 0.717) is 0 Å². The van der Waals surface area contributed by atoms with Crippen LogP contribution in [0.2, 0.25) is 0 Å². The maximum atomic E-state index is 2.38. The van der Waals surface area contributed by atoms with Gasteiger partial charge in [0.05, 0.1) is 0 Å². The molecule has 0 saturated carbocycles.